The Labute approximate surface area is 103 Å². The first-order valence-electron chi connectivity index (χ1n) is 4.96. The van der Waals surface area contributed by atoms with Crippen molar-refractivity contribution >= 4 is 23.8 Å². The first kappa shape index (κ1) is 13.6. The number of thioether (sulfide) groups is 1. The van der Waals surface area contributed by atoms with Crippen molar-refractivity contribution < 1.29 is 19.0 Å². The van der Waals surface area contributed by atoms with E-state index < -0.39 is 11.8 Å². The fraction of sp³-hybridized carbons (Fsp3) is 0.250. The highest BCUT2D eigenvalue weighted by Crippen LogP contribution is 2.21. The zero-order valence-corrected chi connectivity index (χ0v) is 10.2. The number of halogens is 1. The van der Waals surface area contributed by atoms with Crippen molar-refractivity contribution in [2.24, 2.45) is 0 Å². The molecule has 0 heterocycles. The van der Waals surface area contributed by atoms with Crippen molar-refractivity contribution in [3.05, 3.63) is 35.7 Å². The first-order valence-corrected chi connectivity index (χ1v) is 6.35. The van der Waals surface area contributed by atoms with Crippen LogP contribution in [0.15, 0.2) is 24.3 Å². The second-order valence-electron chi connectivity index (χ2n) is 3.19. The predicted molar refractivity (Wildman–Crippen MR) is 66.9 cm³/mol. The smallest absolute Gasteiger partial charge is 0.328 e. The predicted octanol–water partition coefficient (Wildman–Crippen LogP) is 2.67. The lowest BCUT2D eigenvalue weighted by Gasteiger charge is -2.08. The molecular weight excluding hydrogens is 243 g/mol. The van der Waals surface area contributed by atoms with Gasteiger partial charge in [-0.25, -0.2) is 9.18 Å². The summed E-state index contributed by atoms with van der Waals surface area (Å²) < 4.78 is 18.5. The summed E-state index contributed by atoms with van der Waals surface area (Å²) in [6.45, 7) is 0.501. The SMILES string of the molecule is CSCCOc1ccc(F)cc1/C=C/C(=O)O. The minimum absolute atomic E-state index is 0.424. The molecule has 0 radical (unpaired) electrons. The largest absolute Gasteiger partial charge is 0.492 e. The maximum absolute atomic E-state index is 13.0. The van der Waals surface area contributed by atoms with Crippen LogP contribution in [0.3, 0.4) is 0 Å². The molecule has 17 heavy (non-hydrogen) atoms. The number of carbonyl (C=O) groups is 1. The third-order valence-corrected chi connectivity index (χ3v) is 2.50. The Bertz CT molecular complexity index is 418. The number of hydrogen-bond acceptors (Lipinski definition) is 3. The Morgan fingerprint density at radius 3 is 3.00 bits per heavy atom. The normalized spacial score (nSPS) is 10.7. The van der Waals surface area contributed by atoms with Crippen LogP contribution in [0.4, 0.5) is 4.39 Å². The topological polar surface area (TPSA) is 46.5 Å². The zero-order chi connectivity index (χ0) is 12.7. The molecule has 1 aromatic carbocycles. The van der Waals surface area contributed by atoms with Crippen LogP contribution in [0.5, 0.6) is 5.75 Å². The Morgan fingerprint density at radius 2 is 2.35 bits per heavy atom. The van der Waals surface area contributed by atoms with Crippen molar-refractivity contribution in [2.45, 2.75) is 0 Å². The molecule has 92 valence electrons. The van der Waals surface area contributed by atoms with Crippen LogP contribution in [0.25, 0.3) is 6.08 Å². The van der Waals surface area contributed by atoms with Gasteiger partial charge in [-0.05, 0) is 30.5 Å². The zero-order valence-electron chi connectivity index (χ0n) is 9.35. The highest BCUT2D eigenvalue weighted by molar-refractivity contribution is 7.98. The van der Waals surface area contributed by atoms with E-state index in [4.69, 9.17) is 9.84 Å². The molecule has 0 unspecified atom stereocenters. The van der Waals surface area contributed by atoms with Gasteiger partial charge in [-0.3, -0.25) is 0 Å². The van der Waals surface area contributed by atoms with E-state index >= 15 is 0 Å². The highest BCUT2D eigenvalue weighted by atomic mass is 32.2. The third-order valence-electron chi connectivity index (χ3n) is 1.92. The van der Waals surface area contributed by atoms with Gasteiger partial charge in [0.15, 0.2) is 0 Å². The van der Waals surface area contributed by atoms with E-state index in [1.54, 1.807) is 11.8 Å². The Balaban J connectivity index is 2.83. The van der Waals surface area contributed by atoms with E-state index in [2.05, 4.69) is 0 Å². The van der Waals surface area contributed by atoms with Gasteiger partial charge in [0, 0.05) is 17.4 Å². The molecule has 0 spiro atoms. The lowest BCUT2D eigenvalue weighted by Crippen LogP contribution is -2.01. The number of benzene rings is 1. The molecule has 0 saturated carbocycles. The summed E-state index contributed by atoms with van der Waals surface area (Å²) in [5.74, 6) is -0.200. The van der Waals surface area contributed by atoms with Crippen molar-refractivity contribution in [3.63, 3.8) is 0 Å². The lowest BCUT2D eigenvalue weighted by atomic mass is 10.2. The van der Waals surface area contributed by atoms with Crippen LogP contribution < -0.4 is 4.74 Å². The second-order valence-corrected chi connectivity index (χ2v) is 4.18. The molecule has 1 rings (SSSR count). The van der Waals surface area contributed by atoms with Crippen LogP contribution in [-0.2, 0) is 4.79 Å². The van der Waals surface area contributed by atoms with E-state index in [0.717, 1.165) is 11.8 Å². The molecule has 0 atom stereocenters. The summed E-state index contributed by atoms with van der Waals surface area (Å²) >= 11 is 1.64. The van der Waals surface area contributed by atoms with Gasteiger partial charge in [0.1, 0.15) is 11.6 Å². The minimum Gasteiger partial charge on any atom is -0.492 e. The van der Waals surface area contributed by atoms with Crippen LogP contribution in [0, 0.1) is 5.82 Å². The van der Waals surface area contributed by atoms with E-state index in [1.807, 2.05) is 6.26 Å². The number of rotatable bonds is 6. The fourth-order valence-corrected chi connectivity index (χ4v) is 1.43. The van der Waals surface area contributed by atoms with Gasteiger partial charge < -0.3 is 9.84 Å². The van der Waals surface area contributed by atoms with E-state index in [9.17, 15) is 9.18 Å². The quantitative estimate of drug-likeness (QED) is 0.628. The van der Waals surface area contributed by atoms with Crippen LogP contribution >= 0.6 is 11.8 Å². The maximum atomic E-state index is 13.0. The molecule has 3 nitrogen and oxygen atoms in total. The highest BCUT2D eigenvalue weighted by Gasteiger charge is 2.03. The van der Waals surface area contributed by atoms with Crippen molar-refractivity contribution in [3.8, 4) is 5.75 Å². The summed E-state index contributed by atoms with van der Waals surface area (Å²) in [5.41, 5.74) is 0.425. The number of ether oxygens (including phenoxy) is 1. The van der Waals surface area contributed by atoms with Gasteiger partial charge in [-0.2, -0.15) is 11.8 Å². The third kappa shape index (κ3) is 4.91. The molecule has 1 N–H and O–H groups in total. The van der Waals surface area contributed by atoms with Gasteiger partial charge >= 0.3 is 5.97 Å². The van der Waals surface area contributed by atoms with Crippen molar-refractivity contribution in [1.29, 1.82) is 0 Å². The lowest BCUT2D eigenvalue weighted by molar-refractivity contribution is -0.131. The summed E-state index contributed by atoms with van der Waals surface area (Å²) in [4.78, 5) is 10.4. The van der Waals surface area contributed by atoms with Gasteiger partial charge in [-0.1, -0.05) is 0 Å². The maximum Gasteiger partial charge on any atom is 0.328 e. The van der Waals surface area contributed by atoms with Crippen LogP contribution in [0.1, 0.15) is 5.56 Å². The Morgan fingerprint density at radius 1 is 1.59 bits per heavy atom. The molecule has 0 bridgehead atoms. The van der Waals surface area contributed by atoms with Gasteiger partial charge in [0.05, 0.1) is 6.61 Å². The average Bonchev–Trinajstić information content (AvgIpc) is 2.29. The van der Waals surface area contributed by atoms with Crippen molar-refractivity contribution in [1.82, 2.24) is 0 Å². The summed E-state index contributed by atoms with van der Waals surface area (Å²) in [6, 6.07) is 4.03. The molecule has 1 aromatic rings. The summed E-state index contributed by atoms with van der Waals surface area (Å²) in [5, 5.41) is 8.52. The number of hydrogen-bond donors (Lipinski definition) is 1. The standard InChI is InChI=1S/C12H13FO3S/c1-17-7-6-16-11-4-3-10(13)8-9(11)2-5-12(14)15/h2-5,8H,6-7H2,1H3,(H,14,15)/b5-2+. The molecule has 0 aliphatic heterocycles. The number of carboxylic acids is 1. The van der Waals surface area contributed by atoms with E-state index in [0.29, 0.717) is 17.9 Å². The molecule has 0 amide bonds. The monoisotopic (exact) mass is 256 g/mol. The van der Waals surface area contributed by atoms with Crippen LogP contribution in [-0.4, -0.2) is 29.7 Å². The van der Waals surface area contributed by atoms with Gasteiger partial charge in [0.2, 0.25) is 0 Å². The van der Waals surface area contributed by atoms with E-state index in [-0.39, 0.29) is 0 Å². The van der Waals surface area contributed by atoms with Crippen molar-refractivity contribution in [2.75, 3.05) is 18.6 Å². The fourth-order valence-electron chi connectivity index (χ4n) is 1.18. The van der Waals surface area contributed by atoms with Crippen LogP contribution in [0.2, 0.25) is 0 Å². The number of aliphatic carboxylic acids is 1. The number of carboxylic acid groups (broad SMARTS) is 1. The molecule has 0 aliphatic carbocycles. The summed E-state index contributed by atoms with van der Waals surface area (Å²) in [7, 11) is 0. The summed E-state index contributed by atoms with van der Waals surface area (Å²) in [6.07, 6.45) is 4.23. The molecular formula is C12H13FO3S. The first-order chi connectivity index (χ1) is 8.13. The minimum atomic E-state index is -1.08. The molecule has 0 aromatic heterocycles. The molecule has 0 saturated heterocycles. The van der Waals surface area contributed by atoms with E-state index in [1.165, 1.54) is 24.3 Å². The second kappa shape index (κ2) is 6.96. The Hall–Kier alpha value is -1.49. The molecule has 5 heteroatoms. The van der Waals surface area contributed by atoms with Gasteiger partial charge in [-0.15, -0.1) is 0 Å². The molecule has 0 fully saturated rings. The van der Waals surface area contributed by atoms with Gasteiger partial charge in [0.25, 0.3) is 0 Å². The molecule has 0 aliphatic rings. The average molecular weight is 256 g/mol. The Kier molecular flexibility index (Phi) is 5.56.